The fourth-order valence-corrected chi connectivity index (χ4v) is 2.87. The van der Waals surface area contributed by atoms with E-state index in [9.17, 15) is 13.2 Å². The van der Waals surface area contributed by atoms with Crippen molar-refractivity contribution in [2.24, 2.45) is 0 Å². The Hall–Kier alpha value is -1.63. The van der Waals surface area contributed by atoms with Crippen molar-refractivity contribution in [3.8, 4) is 0 Å². The van der Waals surface area contributed by atoms with Crippen LogP contribution in [0.2, 0.25) is 0 Å². The second-order valence-electron chi connectivity index (χ2n) is 3.85. The minimum absolute atomic E-state index is 0.0893. The standard InChI is InChI=1S/C10H12N2O4S/c13-10(14)8-1-2-11-9(7-8)12-3-5-17(15,16)6-4-12/h1-2,7H,3-6H2,(H,13,14). The lowest BCUT2D eigenvalue weighted by Crippen LogP contribution is -2.40. The van der Waals surface area contributed by atoms with Crippen LogP contribution in [-0.2, 0) is 9.84 Å². The van der Waals surface area contributed by atoms with Crippen LogP contribution in [0.15, 0.2) is 18.3 Å². The number of anilines is 1. The van der Waals surface area contributed by atoms with Gasteiger partial charge >= 0.3 is 5.97 Å². The van der Waals surface area contributed by atoms with Crippen molar-refractivity contribution in [3.05, 3.63) is 23.9 Å². The van der Waals surface area contributed by atoms with Crippen LogP contribution in [-0.4, -0.2) is 49.1 Å². The molecule has 6 nitrogen and oxygen atoms in total. The highest BCUT2D eigenvalue weighted by molar-refractivity contribution is 7.91. The largest absolute Gasteiger partial charge is 0.478 e. The predicted molar refractivity (Wildman–Crippen MR) is 62.1 cm³/mol. The molecule has 1 saturated heterocycles. The van der Waals surface area contributed by atoms with Crippen molar-refractivity contribution in [2.75, 3.05) is 29.5 Å². The van der Waals surface area contributed by atoms with E-state index in [0.29, 0.717) is 18.9 Å². The Bertz CT molecular complexity index is 527. The van der Waals surface area contributed by atoms with E-state index >= 15 is 0 Å². The van der Waals surface area contributed by atoms with Gasteiger partial charge in [0.15, 0.2) is 9.84 Å². The normalized spacial score (nSPS) is 18.9. The number of aromatic carboxylic acids is 1. The third-order valence-electron chi connectivity index (χ3n) is 2.66. The molecule has 1 aliphatic heterocycles. The van der Waals surface area contributed by atoms with E-state index < -0.39 is 15.8 Å². The van der Waals surface area contributed by atoms with Gasteiger partial charge in [0, 0.05) is 19.3 Å². The average molecular weight is 256 g/mol. The summed E-state index contributed by atoms with van der Waals surface area (Å²) in [5.74, 6) is -0.323. The number of carboxylic acids is 1. The van der Waals surface area contributed by atoms with E-state index in [2.05, 4.69) is 4.98 Å². The van der Waals surface area contributed by atoms with Gasteiger partial charge in [0.2, 0.25) is 0 Å². The van der Waals surface area contributed by atoms with Gasteiger partial charge in [0.25, 0.3) is 0 Å². The lowest BCUT2D eigenvalue weighted by atomic mass is 10.2. The van der Waals surface area contributed by atoms with Crippen molar-refractivity contribution in [3.63, 3.8) is 0 Å². The first-order chi connectivity index (χ1) is 7.98. The quantitative estimate of drug-likeness (QED) is 0.802. The molecule has 0 bridgehead atoms. The molecule has 2 rings (SSSR count). The Balaban J connectivity index is 2.18. The summed E-state index contributed by atoms with van der Waals surface area (Å²) in [6.45, 7) is 0.719. The number of hydrogen-bond acceptors (Lipinski definition) is 5. The zero-order chi connectivity index (χ0) is 12.5. The highest BCUT2D eigenvalue weighted by atomic mass is 32.2. The molecular formula is C10H12N2O4S. The molecule has 1 N–H and O–H groups in total. The maximum Gasteiger partial charge on any atom is 0.335 e. The molecule has 1 fully saturated rings. The van der Waals surface area contributed by atoms with Gasteiger partial charge in [-0.05, 0) is 12.1 Å². The zero-order valence-corrected chi connectivity index (χ0v) is 9.85. The minimum Gasteiger partial charge on any atom is -0.478 e. The molecule has 0 atom stereocenters. The molecule has 7 heteroatoms. The van der Waals surface area contributed by atoms with Crippen LogP contribution < -0.4 is 4.90 Å². The molecule has 0 amide bonds. The summed E-state index contributed by atoms with van der Waals surface area (Å²) in [5.41, 5.74) is 0.156. The van der Waals surface area contributed by atoms with Crippen molar-refractivity contribution in [1.29, 1.82) is 0 Å². The number of carbonyl (C=O) groups is 1. The van der Waals surface area contributed by atoms with Crippen LogP contribution in [0.3, 0.4) is 0 Å². The van der Waals surface area contributed by atoms with Gasteiger partial charge in [-0.3, -0.25) is 0 Å². The fourth-order valence-electron chi connectivity index (χ4n) is 1.67. The molecule has 0 aromatic carbocycles. The second kappa shape index (κ2) is 4.33. The van der Waals surface area contributed by atoms with Crippen molar-refractivity contribution >= 4 is 21.6 Å². The SMILES string of the molecule is O=C(O)c1ccnc(N2CCS(=O)(=O)CC2)c1. The topological polar surface area (TPSA) is 87.6 Å². The summed E-state index contributed by atoms with van der Waals surface area (Å²) in [6, 6.07) is 2.87. The Morgan fingerprint density at radius 1 is 1.35 bits per heavy atom. The van der Waals surface area contributed by atoms with Gasteiger partial charge in [-0.15, -0.1) is 0 Å². The second-order valence-corrected chi connectivity index (χ2v) is 6.15. The fraction of sp³-hybridized carbons (Fsp3) is 0.400. The van der Waals surface area contributed by atoms with Crippen LogP contribution >= 0.6 is 0 Å². The highest BCUT2D eigenvalue weighted by Crippen LogP contribution is 2.15. The van der Waals surface area contributed by atoms with E-state index in [1.807, 2.05) is 0 Å². The lowest BCUT2D eigenvalue weighted by molar-refractivity contribution is 0.0696. The van der Waals surface area contributed by atoms with Crippen molar-refractivity contribution < 1.29 is 18.3 Å². The highest BCUT2D eigenvalue weighted by Gasteiger charge is 2.22. The first-order valence-corrected chi connectivity index (χ1v) is 6.95. The van der Waals surface area contributed by atoms with Crippen LogP contribution in [0.1, 0.15) is 10.4 Å². The zero-order valence-electron chi connectivity index (χ0n) is 9.04. The Kier molecular flexibility index (Phi) is 3.01. The maximum absolute atomic E-state index is 11.3. The van der Waals surface area contributed by atoms with Crippen molar-refractivity contribution in [2.45, 2.75) is 0 Å². The summed E-state index contributed by atoms with van der Waals surface area (Å²) in [5, 5.41) is 8.85. The van der Waals surface area contributed by atoms with Gasteiger partial charge in [-0.1, -0.05) is 0 Å². The first kappa shape index (κ1) is 11.8. The Morgan fingerprint density at radius 2 is 2.00 bits per heavy atom. The number of carboxylic acid groups (broad SMARTS) is 1. The molecule has 0 spiro atoms. The van der Waals surface area contributed by atoms with Crippen LogP contribution in [0.25, 0.3) is 0 Å². The number of hydrogen-bond donors (Lipinski definition) is 1. The van der Waals surface area contributed by atoms with E-state index in [1.165, 1.54) is 18.3 Å². The molecule has 0 radical (unpaired) electrons. The third-order valence-corrected chi connectivity index (χ3v) is 4.27. The predicted octanol–water partition coefficient (Wildman–Crippen LogP) is 0.0146. The summed E-state index contributed by atoms with van der Waals surface area (Å²) in [4.78, 5) is 16.6. The molecule has 92 valence electrons. The summed E-state index contributed by atoms with van der Waals surface area (Å²) < 4.78 is 22.5. The molecule has 1 aromatic rings. The van der Waals surface area contributed by atoms with E-state index in [4.69, 9.17) is 5.11 Å². The van der Waals surface area contributed by atoms with Gasteiger partial charge < -0.3 is 10.0 Å². The molecule has 17 heavy (non-hydrogen) atoms. The van der Waals surface area contributed by atoms with E-state index in [1.54, 1.807) is 4.90 Å². The molecular weight excluding hydrogens is 244 g/mol. The molecule has 0 saturated carbocycles. The van der Waals surface area contributed by atoms with Crippen LogP contribution in [0.4, 0.5) is 5.82 Å². The van der Waals surface area contributed by atoms with E-state index in [0.717, 1.165) is 0 Å². The van der Waals surface area contributed by atoms with E-state index in [-0.39, 0.29) is 17.1 Å². The molecule has 0 unspecified atom stereocenters. The lowest BCUT2D eigenvalue weighted by Gasteiger charge is -2.27. The summed E-state index contributed by atoms with van der Waals surface area (Å²) in [6.07, 6.45) is 1.42. The van der Waals surface area contributed by atoms with Crippen LogP contribution in [0.5, 0.6) is 0 Å². The minimum atomic E-state index is -2.94. The van der Waals surface area contributed by atoms with Crippen LogP contribution in [0, 0.1) is 0 Å². The van der Waals surface area contributed by atoms with Gasteiger partial charge in [0.1, 0.15) is 5.82 Å². The van der Waals surface area contributed by atoms with Gasteiger partial charge in [-0.25, -0.2) is 18.2 Å². The monoisotopic (exact) mass is 256 g/mol. The number of aromatic nitrogens is 1. The Labute approximate surface area is 98.8 Å². The molecule has 2 heterocycles. The Morgan fingerprint density at radius 3 is 2.59 bits per heavy atom. The van der Waals surface area contributed by atoms with Gasteiger partial charge in [-0.2, -0.15) is 0 Å². The van der Waals surface area contributed by atoms with Gasteiger partial charge in [0.05, 0.1) is 17.1 Å². The summed E-state index contributed by atoms with van der Waals surface area (Å²) in [7, 11) is -2.94. The molecule has 1 aromatic heterocycles. The smallest absolute Gasteiger partial charge is 0.335 e. The maximum atomic E-state index is 11.3. The third kappa shape index (κ3) is 2.73. The van der Waals surface area contributed by atoms with Crippen molar-refractivity contribution in [1.82, 2.24) is 4.98 Å². The number of rotatable bonds is 2. The number of sulfone groups is 1. The first-order valence-electron chi connectivity index (χ1n) is 5.13. The average Bonchev–Trinajstić information content (AvgIpc) is 2.29. The summed E-state index contributed by atoms with van der Waals surface area (Å²) >= 11 is 0. The number of pyridine rings is 1. The molecule has 1 aliphatic rings. The molecule has 0 aliphatic carbocycles. The number of nitrogens with zero attached hydrogens (tertiary/aromatic N) is 2.